The molecule has 1 aromatic rings. The number of rotatable bonds is 2. The number of hydrogen-bond donors (Lipinski definition) is 1. The molecule has 14 heavy (non-hydrogen) atoms. The van der Waals surface area contributed by atoms with Crippen molar-refractivity contribution in [2.45, 2.75) is 25.8 Å². The maximum atomic E-state index is 6.22. The van der Waals surface area contributed by atoms with Crippen molar-refractivity contribution in [2.75, 3.05) is 0 Å². The van der Waals surface area contributed by atoms with Gasteiger partial charge in [-0.25, -0.2) is 0 Å². The smallest absolute Gasteiger partial charge is 0.0465 e. The Hall–Kier alpha value is -0.0500. The third kappa shape index (κ3) is 1.71. The second-order valence-corrected chi connectivity index (χ2v) is 5.53. The minimum atomic E-state index is 0.0468. The molecule has 2 N–H and O–H groups in total. The summed E-state index contributed by atoms with van der Waals surface area (Å²) in [5, 5.41) is 0.764. The summed E-state index contributed by atoms with van der Waals surface area (Å²) in [5.74, 6) is 0. The van der Waals surface area contributed by atoms with Gasteiger partial charge in [0.1, 0.15) is 0 Å². The molecule has 2 rings (SSSR count). The zero-order chi connectivity index (χ0) is 10.3. The normalized spacial score (nSPS) is 20.6. The molecule has 0 spiro atoms. The Balaban J connectivity index is 2.40. The van der Waals surface area contributed by atoms with E-state index in [1.807, 2.05) is 18.2 Å². The second kappa shape index (κ2) is 3.51. The fourth-order valence-corrected chi connectivity index (χ4v) is 2.68. The molecule has 1 unspecified atom stereocenters. The molecule has 3 heteroatoms. The van der Waals surface area contributed by atoms with E-state index in [0.29, 0.717) is 0 Å². The van der Waals surface area contributed by atoms with Crippen molar-refractivity contribution in [2.24, 2.45) is 11.1 Å². The lowest BCUT2D eigenvalue weighted by Gasteiger charge is -2.21. The van der Waals surface area contributed by atoms with E-state index in [0.717, 1.165) is 15.1 Å². The molecule has 1 fully saturated rings. The first-order valence-corrected chi connectivity index (χ1v) is 5.91. The predicted octanol–water partition coefficient (Wildman–Crippen LogP) is 3.90. The fourth-order valence-electron chi connectivity index (χ4n) is 1.66. The Morgan fingerprint density at radius 2 is 2.14 bits per heavy atom. The van der Waals surface area contributed by atoms with Crippen molar-refractivity contribution in [3.05, 3.63) is 33.3 Å². The largest absolute Gasteiger partial charge is 0.323 e. The van der Waals surface area contributed by atoms with Crippen LogP contribution in [-0.4, -0.2) is 0 Å². The van der Waals surface area contributed by atoms with Gasteiger partial charge >= 0.3 is 0 Å². The van der Waals surface area contributed by atoms with Crippen LogP contribution in [0, 0.1) is 5.41 Å². The van der Waals surface area contributed by atoms with Gasteiger partial charge in [-0.05, 0) is 30.4 Å². The van der Waals surface area contributed by atoms with Gasteiger partial charge in [-0.2, -0.15) is 0 Å². The van der Waals surface area contributed by atoms with E-state index in [4.69, 9.17) is 17.3 Å². The summed E-state index contributed by atoms with van der Waals surface area (Å²) in [7, 11) is 0. The van der Waals surface area contributed by atoms with Gasteiger partial charge in [-0.1, -0.05) is 40.5 Å². The molecule has 1 aliphatic rings. The maximum Gasteiger partial charge on any atom is 0.0465 e. The Morgan fingerprint density at radius 3 is 2.64 bits per heavy atom. The Labute approximate surface area is 97.8 Å². The molecular weight excluding hydrogens is 261 g/mol. The van der Waals surface area contributed by atoms with E-state index in [1.54, 1.807) is 0 Å². The molecule has 0 radical (unpaired) electrons. The number of halogens is 2. The van der Waals surface area contributed by atoms with Gasteiger partial charge in [0, 0.05) is 21.1 Å². The number of benzene rings is 1. The van der Waals surface area contributed by atoms with Crippen LogP contribution in [-0.2, 0) is 0 Å². The summed E-state index contributed by atoms with van der Waals surface area (Å²) in [6, 6.07) is 5.86. The van der Waals surface area contributed by atoms with Crippen molar-refractivity contribution in [1.29, 1.82) is 0 Å². The zero-order valence-corrected chi connectivity index (χ0v) is 10.4. The lowest BCUT2D eigenvalue weighted by atomic mass is 9.93. The van der Waals surface area contributed by atoms with Gasteiger partial charge < -0.3 is 5.73 Å². The fraction of sp³-hybridized carbons (Fsp3) is 0.455. The Bertz CT molecular complexity index is 340. The minimum absolute atomic E-state index is 0.0468. The molecule has 0 saturated heterocycles. The van der Waals surface area contributed by atoms with Crippen LogP contribution in [0.15, 0.2) is 22.7 Å². The van der Waals surface area contributed by atoms with Gasteiger partial charge in [0.15, 0.2) is 0 Å². The van der Waals surface area contributed by atoms with E-state index in [-0.39, 0.29) is 11.5 Å². The van der Waals surface area contributed by atoms with Gasteiger partial charge in [0.05, 0.1) is 0 Å². The quantitative estimate of drug-likeness (QED) is 0.869. The summed E-state index contributed by atoms with van der Waals surface area (Å²) >= 11 is 9.65. The first-order valence-electron chi connectivity index (χ1n) is 4.74. The van der Waals surface area contributed by atoms with Crippen LogP contribution < -0.4 is 5.73 Å². The predicted molar refractivity (Wildman–Crippen MR) is 63.4 cm³/mol. The third-order valence-corrected chi connectivity index (χ3v) is 4.12. The highest BCUT2D eigenvalue weighted by Gasteiger charge is 2.44. The first-order chi connectivity index (χ1) is 6.54. The molecular formula is C11H13BrClN. The van der Waals surface area contributed by atoms with Gasteiger partial charge in [0.2, 0.25) is 0 Å². The van der Waals surface area contributed by atoms with E-state index in [1.165, 1.54) is 12.8 Å². The van der Waals surface area contributed by atoms with E-state index in [2.05, 4.69) is 22.9 Å². The minimum Gasteiger partial charge on any atom is -0.323 e. The van der Waals surface area contributed by atoms with Crippen LogP contribution in [0.3, 0.4) is 0 Å². The second-order valence-electron chi connectivity index (χ2n) is 4.27. The van der Waals surface area contributed by atoms with Gasteiger partial charge in [0.25, 0.3) is 0 Å². The highest BCUT2D eigenvalue weighted by molar-refractivity contribution is 9.10. The molecule has 0 amide bonds. The SMILES string of the molecule is CC1(C(N)c2c(Cl)cccc2Br)CC1. The van der Waals surface area contributed by atoms with Crippen molar-refractivity contribution in [3.8, 4) is 0 Å². The topological polar surface area (TPSA) is 26.0 Å². The summed E-state index contributed by atoms with van der Waals surface area (Å²) in [4.78, 5) is 0. The summed E-state index contributed by atoms with van der Waals surface area (Å²) in [6.45, 7) is 2.22. The van der Waals surface area contributed by atoms with Crippen LogP contribution >= 0.6 is 27.5 Å². The average Bonchev–Trinajstić information content (AvgIpc) is 2.84. The van der Waals surface area contributed by atoms with E-state index in [9.17, 15) is 0 Å². The molecule has 0 aliphatic heterocycles. The van der Waals surface area contributed by atoms with Gasteiger partial charge in [-0.15, -0.1) is 0 Å². The van der Waals surface area contributed by atoms with Crippen LogP contribution in [0.25, 0.3) is 0 Å². The highest BCUT2D eigenvalue weighted by atomic mass is 79.9. The van der Waals surface area contributed by atoms with Gasteiger partial charge in [-0.3, -0.25) is 0 Å². The average molecular weight is 275 g/mol. The molecule has 1 saturated carbocycles. The Kier molecular flexibility index (Phi) is 2.63. The highest BCUT2D eigenvalue weighted by Crippen LogP contribution is 2.55. The van der Waals surface area contributed by atoms with Crippen molar-refractivity contribution >= 4 is 27.5 Å². The van der Waals surface area contributed by atoms with Crippen molar-refractivity contribution in [1.82, 2.24) is 0 Å². The van der Waals surface area contributed by atoms with Crippen molar-refractivity contribution < 1.29 is 0 Å². The third-order valence-electron chi connectivity index (χ3n) is 3.10. The molecule has 76 valence electrons. The standard InChI is InChI=1S/C11H13BrClN/c1-11(5-6-11)10(14)9-7(12)3-2-4-8(9)13/h2-4,10H,5-6,14H2,1H3. The molecule has 1 nitrogen and oxygen atoms in total. The van der Waals surface area contributed by atoms with Crippen LogP contribution in [0.2, 0.25) is 5.02 Å². The zero-order valence-electron chi connectivity index (χ0n) is 8.06. The van der Waals surface area contributed by atoms with E-state index < -0.39 is 0 Å². The first kappa shape index (κ1) is 10.5. The molecule has 1 atom stereocenters. The Morgan fingerprint density at radius 1 is 1.50 bits per heavy atom. The maximum absolute atomic E-state index is 6.22. The molecule has 1 aromatic carbocycles. The lowest BCUT2D eigenvalue weighted by molar-refractivity contribution is 0.450. The number of hydrogen-bond acceptors (Lipinski definition) is 1. The summed E-state index contributed by atoms with van der Waals surface area (Å²) in [5.41, 5.74) is 7.53. The van der Waals surface area contributed by atoms with Crippen LogP contribution in [0.1, 0.15) is 31.4 Å². The lowest BCUT2D eigenvalue weighted by Crippen LogP contribution is -2.20. The summed E-state index contributed by atoms with van der Waals surface area (Å²) < 4.78 is 1.02. The van der Waals surface area contributed by atoms with Crippen LogP contribution in [0.4, 0.5) is 0 Å². The number of nitrogens with two attached hydrogens (primary N) is 1. The summed E-state index contributed by atoms with van der Waals surface area (Å²) in [6.07, 6.45) is 2.40. The monoisotopic (exact) mass is 273 g/mol. The molecule has 0 aromatic heterocycles. The molecule has 1 aliphatic carbocycles. The molecule has 0 bridgehead atoms. The molecule has 0 heterocycles. The van der Waals surface area contributed by atoms with Crippen molar-refractivity contribution in [3.63, 3.8) is 0 Å². The van der Waals surface area contributed by atoms with E-state index >= 15 is 0 Å². The van der Waals surface area contributed by atoms with Crippen LogP contribution in [0.5, 0.6) is 0 Å².